The molecule has 4 aromatic rings. The lowest BCUT2D eigenvalue weighted by Crippen LogP contribution is -2.23. The van der Waals surface area contributed by atoms with E-state index in [1.165, 1.54) is 41.7 Å². The Balaban J connectivity index is 0.000000559. The van der Waals surface area contributed by atoms with Gasteiger partial charge < -0.3 is 15.2 Å². The van der Waals surface area contributed by atoms with Gasteiger partial charge in [-0.3, -0.25) is 9.78 Å². The van der Waals surface area contributed by atoms with Gasteiger partial charge in [0, 0.05) is 40.5 Å². The van der Waals surface area contributed by atoms with E-state index in [9.17, 15) is 18.0 Å². The third-order valence-corrected chi connectivity index (χ3v) is 6.08. The monoisotopic (exact) mass is 612 g/mol. The number of carboxylic acids is 1. The van der Waals surface area contributed by atoms with Crippen molar-refractivity contribution < 1.29 is 37.0 Å². The van der Waals surface area contributed by atoms with Crippen LogP contribution in [-0.4, -0.2) is 33.1 Å². The largest absolute Gasteiger partial charge is 0.490 e. The van der Waals surface area contributed by atoms with Crippen molar-refractivity contribution in [3.8, 4) is 28.1 Å². The molecule has 0 aliphatic rings. The standard InChI is InChI=1S/C23H13Cl2FN4O2S.C2HF3O2/c24-16-6-13(9-27)7-17(8-16)32-21-18(25)4-3-14(20(21)26)11-29-22(31)19-12-33-23(30-19)15-2-1-5-28-10-15;3-2(4,5)1(6)7/h1-8,10,12H,11H2,(H,29,31);(H,6,7). The lowest BCUT2D eigenvalue weighted by Gasteiger charge is -2.13. The molecule has 2 aromatic carbocycles. The summed E-state index contributed by atoms with van der Waals surface area (Å²) in [5.41, 5.74) is 1.43. The fraction of sp³-hybridized carbons (Fsp3) is 0.0800. The molecular formula is C25H14Cl2F4N4O4S. The number of carboxylic acid groups (broad SMARTS) is 1. The van der Waals surface area contributed by atoms with Crippen LogP contribution in [0.15, 0.2) is 60.2 Å². The van der Waals surface area contributed by atoms with E-state index in [2.05, 4.69) is 15.3 Å². The van der Waals surface area contributed by atoms with Crippen molar-refractivity contribution in [2.45, 2.75) is 12.7 Å². The second kappa shape index (κ2) is 13.2. The summed E-state index contributed by atoms with van der Waals surface area (Å²) in [6.07, 6.45) is -1.77. The van der Waals surface area contributed by atoms with Crippen molar-refractivity contribution in [3.63, 3.8) is 0 Å². The molecule has 0 atom stereocenters. The summed E-state index contributed by atoms with van der Waals surface area (Å²) >= 11 is 13.4. The summed E-state index contributed by atoms with van der Waals surface area (Å²) in [4.78, 5) is 29.8. The Morgan fingerprint density at radius 2 is 1.90 bits per heavy atom. The molecule has 4 rings (SSSR count). The average Bonchev–Trinajstić information content (AvgIpc) is 3.41. The number of ether oxygens (including phenoxy) is 1. The Hall–Kier alpha value is -4.25. The first-order chi connectivity index (χ1) is 18.9. The number of nitrogens with zero attached hydrogens (tertiary/aromatic N) is 3. The molecule has 0 aliphatic carbocycles. The van der Waals surface area contributed by atoms with Crippen LogP contribution in [0.4, 0.5) is 17.6 Å². The number of hydrogen-bond donors (Lipinski definition) is 2. The number of thiazole rings is 1. The zero-order valence-corrected chi connectivity index (χ0v) is 22.0. The maximum Gasteiger partial charge on any atom is 0.490 e. The van der Waals surface area contributed by atoms with E-state index in [-0.39, 0.29) is 44.9 Å². The van der Waals surface area contributed by atoms with Crippen LogP contribution in [0.2, 0.25) is 10.0 Å². The van der Waals surface area contributed by atoms with Gasteiger partial charge >= 0.3 is 12.1 Å². The van der Waals surface area contributed by atoms with Crippen molar-refractivity contribution in [1.82, 2.24) is 15.3 Å². The second-order valence-corrected chi connectivity index (χ2v) is 9.21. The number of nitriles is 1. The molecule has 2 aromatic heterocycles. The Morgan fingerprint density at radius 3 is 2.52 bits per heavy atom. The van der Waals surface area contributed by atoms with Crippen LogP contribution in [0.25, 0.3) is 10.6 Å². The van der Waals surface area contributed by atoms with Crippen molar-refractivity contribution in [2.24, 2.45) is 0 Å². The first kappa shape index (κ1) is 30.3. The Morgan fingerprint density at radius 1 is 1.18 bits per heavy atom. The van der Waals surface area contributed by atoms with Gasteiger partial charge in [0.1, 0.15) is 16.5 Å². The van der Waals surface area contributed by atoms with Gasteiger partial charge in [-0.25, -0.2) is 14.2 Å². The summed E-state index contributed by atoms with van der Waals surface area (Å²) in [5.74, 6) is -4.02. The van der Waals surface area contributed by atoms with Crippen LogP contribution in [0.3, 0.4) is 0 Å². The maximum absolute atomic E-state index is 15.1. The van der Waals surface area contributed by atoms with Gasteiger partial charge in [-0.15, -0.1) is 11.3 Å². The highest BCUT2D eigenvalue weighted by molar-refractivity contribution is 7.13. The van der Waals surface area contributed by atoms with Crippen LogP contribution in [0.5, 0.6) is 11.5 Å². The molecule has 8 nitrogen and oxygen atoms in total. The number of benzene rings is 2. The molecule has 1 amide bonds. The van der Waals surface area contributed by atoms with Gasteiger partial charge in [0.05, 0.1) is 16.7 Å². The highest BCUT2D eigenvalue weighted by Crippen LogP contribution is 2.35. The molecule has 0 saturated heterocycles. The molecule has 0 unspecified atom stereocenters. The SMILES string of the molecule is N#Cc1cc(Cl)cc(Oc2c(Cl)ccc(CNC(=O)c3csc(-c4cccnc4)n3)c2F)c1.O=C(O)C(F)(F)F. The minimum absolute atomic E-state index is 0.0293. The molecule has 0 bridgehead atoms. The van der Waals surface area contributed by atoms with Crippen LogP contribution in [0.1, 0.15) is 21.6 Å². The predicted octanol–water partition coefficient (Wildman–Crippen LogP) is 6.88. The molecule has 0 saturated carbocycles. The molecule has 0 radical (unpaired) electrons. The lowest BCUT2D eigenvalue weighted by molar-refractivity contribution is -0.192. The van der Waals surface area contributed by atoms with Crippen LogP contribution in [0, 0.1) is 17.1 Å². The van der Waals surface area contributed by atoms with Gasteiger partial charge in [-0.1, -0.05) is 29.3 Å². The van der Waals surface area contributed by atoms with E-state index in [1.54, 1.807) is 23.8 Å². The molecule has 206 valence electrons. The zero-order chi connectivity index (χ0) is 29.4. The maximum atomic E-state index is 15.1. The van der Waals surface area contributed by atoms with E-state index in [0.29, 0.717) is 5.01 Å². The molecular weight excluding hydrogens is 599 g/mol. The molecule has 0 spiro atoms. The van der Waals surface area contributed by atoms with E-state index in [4.69, 9.17) is 43.1 Å². The molecule has 15 heteroatoms. The number of rotatable bonds is 6. The third kappa shape index (κ3) is 8.12. The summed E-state index contributed by atoms with van der Waals surface area (Å²) < 4.78 is 52.4. The third-order valence-electron chi connectivity index (χ3n) is 4.68. The first-order valence-electron chi connectivity index (χ1n) is 10.7. The number of aliphatic carboxylic acids is 1. The second-order valence-electron chi connectivity index (χ2n) is 7.50. The molecule has 0 fully saturated rings. The highest BCUT2D eigenvalue weighted by Gasteiger charge is 2.38. The number of halogens is 6. The number of amides is 1. The zero-order valence-electron chi connectivity index (χ0n) is 19.7. The van der Waals surface area contributed by atoms with Crippen LogP contribution < -0.4 is 10.1 Å². The fourth-order valence-corrected chi connectivity index (χ4v) is 4.07. The summed E-state index contributed by atoms with van der Waals surface area (Å²) in [6, 6.07) is 12.8. The Kier molecular flexibility index (Phi) is 10.0. The van der Waals surface area contributed by atoms with Crippen molar-refractivity contribution in [3.05, 3.63) is 92.9 Å². The number of nitrogens with one attached hydrogen (secondary N) is 1. The minimum atomic E-state index is -5.08. The van der Waals surface area contributed by atoms with Gasteiger partial charge in [0.15, 0.2) is 11.6 Å². The van der Waals surface area contributed by atoms with E-state index >= 15 is 4.39 Å². The molecule has 40 heavy (non-hydrogen) atoms. The smallest absolute Gasteiger partial charge is 0.475 e. The summed E-state index contributed by atoms with van der Waals surface area (Å²) in [5, 5.41) is 21.4. The van der Waals surface area contributed by atoms with Gasteiger partial charge in [0.2, 0.25) is 0 Å². The Labute approximate surface area is 237 Å². The quantitative estimate of drug-likeness (QED) is 0.227. The topological polar surface area (TPSA) is 125 Å². The fourth-order valence-electron chi connectivity index (χ4n) is 2.87. The summed E-state index contributed by atoms with van der Waals surface area (Å²) in [6.45, 7) is -0.114. The molecule has 2 N–H and O–H groups in total. The number of carbonyl (C=O) groups excluding carboxylic acids is 1. The van der Waals surface area contributed by atoms with Crippen LogP contribution in [-0.2, 0) is 11.3 Å². The van der Waals surface area contributed by atoms with Crippen molar-refractivity contribution in [2.75, 3.05) is 0 Å². The number of aromatic nitrogens is 2. The average molecular weight is 613 g/mol. The molecule has 0 aliphatic heterocycles. The number of pyridine rings is 1. The Bertz CT molecular complexity index is 1580. The summed E-state index contributed by atoms with van der Waals surface area (Å²) in [7, 11) is 0. The van der Waals surface area contributed by atoms with Gasteiger partial charge in [-0.05, 0) is 36.4 Å². The van der Waals surface area contributed by atoms with E-state index in [1.807, 2.05) is 12.1 Å². The van der Waals surface area contributed by atoms with Crippen molar-refractivity contribution in [1.29, 1.82) is 5.26 Å². The van der Waals surface area contributed by atoms with Gasteiger partial charge in [0.25, 0.3) is 5.91 Å². The predicted molar refractivity (Wildman–Crippen MR) is 138 cm³/mol. The number of hydrogen-bond acceptors (Lipinski definition) is 7. The highest BCUT2D eigenvalue weighted by atomic mass is 35.5. The lowest BCUT2D eigenvalue weighted by atomic mass is 10.2. The van der Waals surface area contributed by atoms with Crippen molar-refractivity contribution >= 4 is 46.4 Å². The van der Waals surface area contributed by atoms with E-state index < -0.39 is 23.9 Å². The number of alkyl halides is 3. The number of carbonyl (C=O) groups is 2. The minimum Gasteiger partial charge on any atom is -0.475 e. The normalized spacial score (nSPS) is 10.6. The first-order valence-corrected chi connectivity index (χ1v) is 12.3. The van der Waals surface area contributed by atoms with Gasteiger partial charge in [-0.2, -0.15) is 18.4 Å². The molecule has 2 heterocycles. The van der Waals surface area contributed by atoms with Crippen LogP contribution >= 0.6 is 34.5 Å². The van der Waals surface area contributed by atoms with E-state index in [0.717, 1.165) is 5.56 Å².